The van der Waals surface area contributed by atoms with Crippen molar-refractivity contribution in [1.82, 2.24) is 39.0 Å². The van der Waals surface area contributed by atoms with Crippen LogP contribution in [0, 0.1) is 6.92 Å². The van der Waals surface area contributed by atoms with Crippen LogP contribution in [0.3, 0.4) is 0 Å². The number of hydrogen-bond donors (Lipinski definition) is 1. The van der Waals surface area contributed by atoms with Gasteiger partial charge in [0.15, 0.2) is 11.5 Å². The minimum absolute atomic E-state index is 0.111. The van der Waals surface area contributed by atoms with Gasteiger partial charge in [-0.1, -0.05) is 6.08 Å². The molecule has 5 heterocycles. The van der Waals surface area contributed by atoms with Crippen LogP contribution in [0.15, 0.2) is 73.6 Å². The quantitative estimate of drug-likeness (QED) is 0.261. The Bertz CT molecular complexity index is 1810. The summed E-state index contributed by atoms with van der Waals surface area (Å²) in [4.78, 5) is 24.3. The van der Waals surface area contributed by atoms with Gasteiger partial charge in [-0.25, -0.2) is 27.8 Å². The van der Waals surface area contributed by atoms with Gasteiger partial charge in [0, 0.05) is 43.3 Å². The van der Waals surface area contributed by atoms with Gasteiger partial charge in [-0.15, -0.1) is 0 Å². The Morgan fingerprint density at radius 2 is 1.91 bits per heavy atom. The first-order chi connectivity index (χ1) is 20.7. The molecule has 1 amide bonds. The number of fused-ring (bicyclic) bond motifs is 2. The van der Waals surface area contributed by atoms with Crippen molar-refractivity contribution in [2.24, 2.45) is 0 Å². The minimum atomic E-state index is -3.14. The van der Waals surface area contributed by atoms with E-state index in [-0.39, 0.29) is 13.0 Å². The van der Waals surface area contributed by atoms with E-state index in [0.717, 1.165) is 5.56 Å². The maximum atomic E-state index is 15.6. The Balaban J connectivity index is 1.21. The zero-order valence-corrected chi connectivity index (χ0v) is 24.0. The van der Waals surface area contributed by atoms with E-state index in [1.165, 1.54) is 23.6 Å². The van der Waals surface area contributed by atoms with Crippen molar-refractivity contribution in [3.63, 3.8) is 0 Å². The first-order valence-electron chi connectivity index (χ1n) is 13.8. The summed E-state index contributed by atoms with van der Waals surface area (Å²) in [6, 6.07) is 10.8. The Hall–Kier alpha value is -4.91. The summed E-state index contributed by atoms with van der Waals surface area (Å²) in [7, 11) is 3.74. The lowest BCUT2D eigenvalue weighted by Crippen LogP contribution is -2.49. The van der Waals surface area contributed by atoms with Crippen molar-refractivity contribution in [1.29, 1.82) is 0 Å². The molecule has 0 bridgehead atoms. The number of nitrogens with one attached hydrogen (secondary N) is 1. The number of alkyl halides is 2. The summed E-state index contributed by atoms with van der Waals surface area (Å²) in [5.74, 6) is -2.96. The van der Waals surface area contributed by atoms with E-state index < -0.39 is 24.3 Å². The molecule has 0 radical (unpaired) electrons. The highest BCUT2D eigenvalue weighted by atomic mass is 19.3. The fourth-order valence-corrected chi connectivity index (χ4v) is 5.30. The monoisotopic (exact) mass is 587 g/mol. The summed E-state index contributed by atoms with van der Waals surface area (Å²) in [5, 5.41) is 11.6. The topological polar surface area (TPSA) is 105 Å². The smallest absolute Gasteiger partial charge is 0.272 e. The van der Waals surface area contributed by atoms with Crippen molar-refractivity contribution in [2.75, 3.05) is 39.0 Å². The molecule has 1 N–H and O–H groups in total. The fraction of sp³-hybridized carbons (Fsp3) is 0.300. The highest BCUT2D eigenvalue weighted by molar-refractivity contribution is 5.88. The molecule has 6 rings (SSSR count). The van der Waals surface area contributed by atoms with Crippen molar-refractivity contribution in [3.8, 4) is 11.5 Å². The van der Waals surface area contributed by atoms with Gasteiger partial charge in [-0.2, -0.15) is 10.2 Å². The third-order valence-electron chi connectivity index (χ3n) is 7.42. The molecular formula is C30H31F2N9O2. The third-order valence-corrected chi connectivity index (χ3v) is 7.42. The molecule has 5 aromatic rings. The van der Waals surface area contributed by atoms with Crippen LogP contribution in [0.4, 0.5) is 20.3 Å². The van der Waals surface area contributed by atoms with Crippen LogP contribution in [0.5, 0.6) is 11.5 Å². The number of likely N-dealkylation sites (N-methyl/N-ethyl adjacent to an activating group) is 1. The van der Waals surface area contributed by atoms with E-state index in [2.05, 4.69) is 25.5 Å². The highest BCUT2D eigenvalue weighted by Gasteiger charge is 2.47. The van der Waals surface area contributed by atoms with Gasteiger partial charge in [0.2, 0.25) is 5.91 Å². The molecular weight excluding hydrogens is 556 g/mol. The number of benzene rings is 1. The minimum Gasteiger partial charge on any atom is -0.457 e. The number of pyridine rings is 1. The first-order valence-corrected chi connectivity index (χ1v) is 13.8. The van der Waals surface area contributed by atoms with Crippen molar-refractivity contribution in [2.45, 2.75) is 25.2 Å². The van der Waals surface area contributed by atoms with Crippen LogP contribution < -0.4 is 10.1 Å². The number of hydrogen-bond acceptors (Lipinski definition) is 8. The molecule has 0 aliphatic carbocycles. The number of amides is 1. The second kappa shape index (κ2) is 11.4. The Morgan fingerprint density at radius 1 is 1.12 bits per heavy atom. The molecule has 0 saturated carbocycles. The number of carbonyl (C=O) groups excluding carboxylic acids is 1. The van der Waals surface area contributed by atoms with Gasteiger partial charge >= 0.3 is 0 Å². The van der Waals surface area contributed by atoms with Crippen LogP contribution >= 0.6 is 0 Å². The summed E-state index contributed by atoms with van der Waals surface area (Å²) in [5.41, 5.74) is 3.14. The lowest BCUT2D eigenvalue weighted by molar-refractivity contribution is -0.139. The maximum absolute atomic E-state index is 15.6. The van der Waals surface area contributed by atoms with Crippen LogP contribution in [0.2, 0.25) is 0 Å². The van der Waals surface area contributed by atoms with Gasteiger partial charge < -0.3 is 19.9 Å². The number of rotatable bonds is 8. The van der Waals surface area contributed by atoms with Gasteiger partial charge in [0.25, 0.3) is 5.92 Å². The summed E-state index contributed by atoms with van der Waals surface area (Å²) in [6.45, 7) is 2.05. The number of halogens is 2. The summed E-state index contributed by atoms with van der Waals surface area (Å²) < 4.78 is 40.5. The lowest BCUT2D eigenvalue weighted by atomic mass is 9.86. The first kappa shape index (κ1) is 28.2. The Kier molecular flexibility index (Phi) is 7.48. The highest BCUT2D eigenvalue weighted by Crippen LogP contribution is 2.43. The average Bonchev–Trinajstić information content (AvgIpc) is 3.61. The number of nitrogens with zero attached hydrogens (tertiary/aromatic N) is 8. The van der Waals surface area contributed by atoms with E-state index in [4.69, 9.17) is 4.74 Å². The van der Waals surface area contributed by atoms with Crippen molar-refractivity contribution < 1.29 is 18.3 Å². The predicted octanol–water partition coefficient (Wildman–Crippen LogP) is 4.69. The molecule has 1 fully saturated rings. The van der Waals surface area contributed by atoms with Crippen LogP contribution in [-0.2, 0) is 4.79 Å². The molecule has 1 unspecified atom stereocenters. The summed E-state index contributed by atoms with van der Waals surface area (Å²) in [6.07, 6.45) is 9.44. The van der Waals surface area contributed by atoms with E-state index >= 15 is 8.78 Å². The molecule has 1 aliphatic rings. The van der Waals surface area contributed by atoms with Crippen LogP contribution in [0.25, 0.3) is 11.2 Å². The molecule has 4 aromatic heterocycles. The molecule has 1 atom stereocenters. The molecule has 43 heavy (non-hydrogen) atoms. The predicted molar refractivity (Wildman–Crippen MR) is 157 cm³/mol. The lowest BCUT2D eigenvalue weighted by Gasteiger charge is -2.38. The Labute approximate surface area is 246 Å². The van der Waals surface area contributed by atoms with Crippen LogP contribution in [0.1, 0.15) is 23.5 Å². The molecule has 1 aromatic carbocycles. The number of anilines is 2. The molecule has 1 aliphatic heterocycles. The molecule has 0 spiro atoms. The van der Waals surface area contributed by atoms with Gasteiger partial charge in [-0.05, 0) is 68.9 Å². The SMILES string of the molecule is Cc1cc(Nc2ncnn3ccc(C4CCN(C(=O)C=CCN(C)C)CC4(F)F)c23)ccc1Oc1ccn2ncnc2c1. The number of piperidine rings is 1. The third kappa shape index (κ3) is 5.89. The number of aromatic nitrogens is 6. The van der Waals surface area contributed by atoms with E-state index in [1.807, 2.05) is 44.1 Å². The van der Waals surface area contributed by atoms with E-state index in [9.17, 15) is 4.79 Å². The summed E-state index contributed by atoms with van der Waals surface area (Å²) >= 11 is 0. The van der Waals surface area contributed by atoms with E-state index in [1.54, 1.807) is 45.7 Å². The maximum Gasteiger partial charge on any atom is 0.272 e. The largest absolute Gasteiger partial charge is 0.457 e. The van der Waals surface area contributed by atoms with E-state index in [0.29, 0.717) is 46.3 Å². The second-order valence-corrected chi connectivity index (χ2v) is 10.8. The number of aryl methyl sites for hydroxylation is 1. The van der Waals surface area contributed by atoms with Crippen molar-refractivity contribution >= 4 is 28.6 Å². The molecule has 222 valence electrons. The fourth-order valence-electron chi connectivity index (χ4n) is 5.30. The second-order valence-electron chi connectivity index (χ2n) is 10.8. The average molecular weight is 588 g/mol. The zero-order valence-electron chi connectivity index (χ0n) is 24.0. The van der Waals surface area contributed by atoms with Gasteiger partial charge in [0.1, 0.15) is 29.7 Å². The molecule has 11 nitrogen and oxygen atoms in total. The standard InChI is InChI=1S/C30H31F2N9O2/c1-20-15-21(6-7-25(20)43-22-8-13-40-26(16-22)33-18-35-40)37-29-28-23(9-14-41(28)36-19-34-29)24-10-12-39(17-30(24,31)32)27(42)5-4-11-38(2)3/h4-9,13-16,18-19,24H,10-12,17H2,1-3H3,(H,34,36,37). The van der Waals surface area contributed by atoms with Gasteiger partial charge in [-0.3, -0.25) is 4.79 Å². The number of carbonyl (C=O) groups is 1. The van der Waals surface area contributed by atoms with Crippen LogP contribution in [-0.4, -0.2) is 84.6 Å². The van der Waals surface area contributed by atoms with Crippen molar-refractivity contribution in [3.05, 3.63) is 84.7 Å². The van der Waals surface area contributed by atoms with Gasteiger partial charge in [0.05, 0.1) is 12.5 Å². The normalized spacial score (nSPS) is 16.9. The zero-order chi connectivity index (χ0) is 30.1. The molecule has 1 saturated heterocycles. The Morgan fingerprint density at radius 3 is 2.70 bits per heavy atom. The number of likely N-dealkylation sites (tertiary alicyclic amines) is 1. The number of ether oxygens (including phenoxy) is 1. The molecule has 13 heteroatoms.